The predicted molar refractivity (Wildman–Crippen MR) is 80.3 cm³/mol. The van der Waals surface area contributed by atoms with Crippen LogP contribution in [0.25, 0.3) is 0 Å². The van der Waals surface area contributed by atoms with Crippen LogP contribution < -0.4 is 20.5 Å². The molecule has 1 aromatic rings. The summed E-state index contributed by atoms with van der Waals surface area (Å²) in [5, 5.41) is 12.9. The number of nitrogens with one attached hydrogen (secondary N) is 1. The van der Waals surface area contributed by atoms with Gasteiger partial charge in [-0.15, -0.1) is 0 Å². The minimum atomic E-state index is -0.890. The molecule has 0 fully saturated rings. The molecule has 1 amide bonds. The van der Waals surface area contributed by atoms with E-state index in [-0.39, 0.29) is 24.4 Å². The van der Waals surface area contributed by atoms with Crippen molar-refractivity contribution in [3.05, 3.63) is 23.8 Å². The van der Waals surface area contributed by atoms with E-state index in [4.69, 9.17) is 15.2 Å². The zero-order valence-corrected chi connectivity index (χ0v) is 12.9. The number of aliphatic hydroxyl groups is 1. The lowest BCUT2D eigenvalue weighted by Crippen LogP contribution is -2.40. The molecule has 0 aliphatic carbocycles. The predicted octanol–water partition coefficient (Wildman–Crippen LogP) is 0.837. The van der Waals surface area contributed by atoms with Crippen LogP contribution in [0, 0.1) is 5.92 Å². The molecule has 1 rings (SSSR count). The van der Waals surface area contributed by atoms with Gasteiger partial charge in [-0.05, 0) is 25.1 Å². The van der Waals surface area contributed by atoms with E-state index in [1.165, 1.54) is 7.11 Å². The minimum Gasteiger partial charge on any atom is -0.497 e. The molecule has 6 nitrogen and oxygen atoms in total. The fraction of sp³-hybridized carbons (Fsp3) is 0.533. The first-order valence-corrected chi connectivity index (χ1v) is 6.84. The monoisotopic (exact) mass is 296 g/mol. The molecule has 0 aromatic heterocycles. The average Bonchev–Trinajstić information content (AvgIpc) is 2.50. The Morgan fingerprint density at radius 2 is 2.00 bits per heavy atom. The van der Waals surface area contributed by atoms with Gasteiger partial charge in [0, 0.05) is 24.1 Å². The Labute approximate surface area is 125 Å². The largest absolute Gasteiger partial charge is 0.497 e. The summed E-state index contributed by atoms with van der Waals surface area (Å²) in [5.41, 5.74) is 6.24. The maximum Gasteiger partial charge on any atom is 0.224 e. The second kappa shape index (κ2) is 7.85. The van der Waals surface area contributed by atoms with Gasteiger partial charge in [0.25, 0.3) is 0 Å². The van der Waals surface area contributed by atoms with Crippen LogP contribution in [0.3, 0.4) is 0 Å². The van der Waals surface area contributed by atoms with Gasteiger partial charge in [-0.3, -0.25) is 4.79 Å². The van der Waals surface area contributed by atoms with E-state index in [9.17, 15) is 9.90 Å². The number of carbonyl (C=O) groups excluding carboxylic acids is 1. The molecule has 0 heterocycles. The van der Waals surface area contributed by atoms with Crippen molar-refractivity contribution in [3.63, 3.8) is 0 Å². The highest BCUT2D eigenvalue weighted by Gasteiger charge is 2.20. The minimum absolute atomic E-state index is 0.0828. The average molecular weight is 296 g/mol. The summed E-state index contributed by atoms with van der Waals surface area (Å²) in [7, 11) is 3.07. The molecule has 0 bridgehead atoms. The number of rotatable bonds is 7. The third kappa shape index (κ3) is 4.61. The first-order valence-electron chi connectivity index (χ1n) is 6.84. The van der Waals surface area contributed by atoms with E-state index in [0.717, 1.165) is 0 Å². The molecule has 0 aliphatic rings. The van der Waals surface area contributed by atoms with Gasteiger partial charge in [0.2, 0.25) is 5.91 Å². The van der Waals surface area contributed by atoms with Crippen LogP contribution in [-0.4, -0.2) is 37.8 Å². The summed E-state index contributed by atoms with van der Waals surface area (Å²) in [6.07, 6.45) is -0.890. The fourth-order valence-corrected chi connectivity index (χ4v) is 1.81. The van der Waals surface area contributed by atoms with Gasteiger partial charge in [0.15, 0.2) is 0 Å². The topological polar surface area (TPSA) is 93.8 Å². The Morgan fingerprint density at radius 1 is 1.33 bits per heavy atom. The molecule has 3 unspecified atom stereocenters. The molecule has 4 N–H and O–H groups in total. The second-order valence-electron chi connectivity index (χ2n) is 5.02. The van der Waals surface area contributed by atoms with Crippen LogP contribution in [0.5, 0.6) is 11.5 Å². The molecular formula is C15H24N2O4. The second-order valence-corrected chi connectivity index (χ2v) is 5.02. The number of nitrogens with two attached hydrogens (primary N) is 1. The highest BCUT2D eigenvalue weighted by Crippen LogP contribution is 2.29. The Kier molecular flexibility index (Phi) is 6.45. The summed E-state index contributed by atoms with van der Waals surface area (Å²) in [4.78, 5) is 11.8. The first-order chi connectivity index (χ1) is 9.90. The molecule has 118 valence electrons. The summed E-state index contributed by atoms with van der Waals surface area (Å²) in [5.74, 6) is 0.647. The van der Waals surface area contributed by atoms with Gasteiger partial charge in [0.05, 0.1) is 20.3 Å². The number of hydrogen-bond acceptors (Lipinski definition) is 5. The third-order valence-electron chi connectivity index (χ3n) is 3.47. The molecule has 6 heteroatoms. The number of ether oxygens (including phenoxy) is 2. The molecule has 21 heavy (non-hydrogen) atoms. The van der Waals surface area contributed by atoms with Gasteiger partial charge >= 0.3 is 0 Å². The van der Waals surface area contributed by atoms with E-state index >= 15 is 0 Å². The lowest BCUT2D eigenvalue weighted by Gasteiger charge is -2.19. The lowest BCUT2D eigenvalue weighted by atomic mass is 10.0. The van der Waals surface area contributed by atoms with Gasteiger partial charge in [-0.1, -0.05) is 6.92 Å². The molecular weight excluding hydrogens is 272 g/mol. The van der Waals surface area contributed by atoms with E-state index < -0.39 is 6.10 Å². The number of benzene rings is 1. The fourth-order valence-electron chi connectivity index (χ4n) is 1.81. The van der Waals surface area contributed by atoms with Crippen LogP contribution in [0.15, 0.2) is 18.2 Å². The maximum atomic E-state index is 11.8. The van der Waals surface area contributed by atoms with Crippen molar-refractivity contribution in [2.45, 2.75) is 26.0 Å². The zero-order chi connectivity index (χ0) is 16.0. The van der Waals surface area contributed by atoms with Crippen molar-refractivity contribution < 1.29 is 19.4 Å². The summed E-state index contributed by atoms with van der Waals surface area (Å²) in [6.45, 7) is 3.60. The van der Waals surface area contributed by atoms with Gasteiger partial charge in [-0.25, -0.2) is 0 Å². The third-order valence-corrected chi connectivity index (χ3v) is 3.47. The van der Waals surface area contributed by atoms with Crippen molar-refractivity contribution in [2.24, 2.45) is 11.7 Å². The van der Waals surface area contributed by atoms with Crippen molar-refractivity contribution in [1.82, 2.24) is 5.32 Å². The Bertz CT molecular complexity index is 477. The SMILES string of the molecule is COc1ccc(OC)c(C(O)CNC(=O)C(C)C(C)N)c1. The Hall–Kier alpha value is -1.79. The van der Waals surface area contributed by atoms with Crippen molar-refractivity contribution in [3.8, 4) is 11.5 Å². The van der Waals surface area contributed by atoms with Gasteiger partial charge in [-0.2, -0.15) is 0 Å². The van der Waals surface area contributed by atoms with Crippen molar-refractivity contribution in [2.75, 3.05) is 20.8 Å². The molecule has 0 saturated heterocycles. The smallest absolute Gasteiger partial charge is 0.224 e. The van der Waals surface area contributed by atoms with E-state index in [1.807, 2.05) is 0 Å². The van der Waals surface area contributed by atoms with E-state index in [0.29, 0.717) is 17.1 Å². The molecule has 0 aliphatic heterocycles. The number of aliphatic hydroxyl groups excluding tert-OH is 1. The van der Waals surface area contributed by atoms with E-state index in [2.05, 4.69) is 5.32 Å². The highest BCUT2D eigenvalue weighted by atomic mass is 16.5. The maximum absolute atomic E-state index is 11.8. The summed E-state index contributed by atoms with van der Waals surface area (Å²) >= 11 is 0. The normalized spacial score (nSPS) is 15.0. The molecule has 0 radical (unpaired) electrons. The van der Waals surface area contributed by atoms with Gasteiger partial charge in [0.1, 0.15) is 11.5 Å². The Morgan fingerprint density at radius 3 is 2.52 bits per heavy atom. The molecule has 0 spiro atoms. The Balaban J connectivity index is 2.75. The van der Waals surface area contributed by atoms with E-state index in [1.54, 1.807) is 39.2 Å². The highest BCUT2D eigenvalue weighted by molar-refractivity contribution is 5.78. The number of amides is 1. The quantitative estimate of drug-likeness (QED) is 0.693. The molecule has 0 saturated carbocycles. The number of carbonyl (C=O) groups is 1. The standard InChI is InChI=1S/C15H24N2O4/c1-9(10(2)16)15(19)17-8-13(18)12-7-11(20-3)5-6-14(12)21-4/h5-7,9-10,13,18H,8,16H2,1-4H3,(H,17,19). The summed E-state index contributed by atoms with van der Waals surface area (Å²) < 4.78 is 10.3. The van der Waals surface area contributed by atoms with Crippen LogP contribution >= 0.6 is 0 Å². The number of methoxy groups -OCH3 is 2. The van der Waals surface area contributed by atoms with Crippen LogP contribution in [-0.2, 0) is 4.79 Å². The van der Waals surface area contributed by atoms with Crippen LogP contribution in [0.2, 0.25) is 0 Å². The number of hydrogen-bond donors (Lipinski definition) is 3. The van der Waals surface area contributed by atoms with Crippen molar-refractivity contribution in [1.29, 1.82) is 0 Å². The zero-order valence-electron chi connectivity index (χ0n) is 12.9. The lowest BCUT2D eigenvalue weighted by molar-refractivity contribution is -0.125. The van der Waals surface area contributed by atoms with Gasteiger partial charge < -0.3 is 25.6 Å². The summed E-state index contributed by atoms with van der Waals surface area (Å²) in [6, 6.07) is 4.90. The van der Waals surface area contributed by atoms with Crippen LogP contribution in [0.1, 0.15) is 25.5 Å². The first kappa shape index (κ1) is 17.3. The molecule has 3 atom stereocenters. The molecule has 1 aromatic carbocycles. The van der Waals surface area contributed by atoms with Crippen LogP contribution in [0.4, 0.5) is 0 Å². The van der Waals surface area contributed by atoms with Crippen molar-refractivity contribution >= 4 is 5.91 Å².